The maximum Gasteiger partial charge on any atom is 0.359 e. The van der Waals surface area contributed by atoms with Crippen molar-refractivity contribution in [3.63, 3.8) is 0 Å². The van der Waals surface area contributed by atoms with Crippen molar-refractivity contribution >= 4 is 90.4 Å². The third-order valence-electron chi connectivity index (χ3n) is 12.9. The summed E-state index contributed by atoms with van der Waals surface area (Å²) in [4.78, 5) is 183. The molecule has 1 rings (SSSR count). The first-order valence-corrected chi connectivity index (χ1v) is 31.0. The lowest BCUT2D eigenvalue weighted by molar-refractivity contribution is -0.138. The molecule has 0 bridgehead atoms. The van der Waals surface area contributed by atoms with Crippen LogP contribution < -0.4 is 81.4 Å². The molecule has 1 aromatic carbocycles. The Kier molecular flexibility index (Phi) is 36.7. The number of carboxylic acid groups (broad SMARTS) is 1. The number of primary amides is 2. The van der Waals surface area contributed by atoms with E-state index in [0.29, 0.717) is 24.9 Å². The fraction of sp³-hybridized carbons (Fsp3) is 0.636. The molecule has 0 saturated carbocycles. The zero-order valence-corrected chi connectivity index (χ0v) is 53.5. The monoisotopic (exact) mass is 1330 g/mol. The van der Waals surface area contributed by atoms with Crippen molar-refractivity contribution in [3.05, 3.63) is 35.9 Å². The van der Waals surface area contributed by atoms with Crippen LogP contribution >= 0.6 is 7.60 Å². The van der Waals surface area contributed by atoms with Gasteiger partial charge in [0.2, 0.25) is 76.8 Å². The van der Waals surface area contributed by atoms with E-state index in [1.54, 1.807) is 30.3 Å². The third kappa shape index (κ3) is 30.7. The molecule has 0 spiro atoms. The van der Waals surface area contributed by atoms with Gasteiger partial charge in [-0.1, -0.05) is 44.2 Å². The van der Waals surface area contributed by atoms with Crippen molar-refractivity contribution in [2.75, 3.05) is 32.8 Å². The van der Waals surface area contributed by atoms with Crippen LogP contribution in [0.3, 0.4) is 0 Å². The van der Waals surface area contributed by atoms with E-state index in [1.165, 1.54) is 55.4 Å². The zero-order valence-electron chi connectivity index (χ0n) is 52.6. The molecule has 0 heterocycles. The van der Waals surface area contributed by atoms with Crippen LogP contribution in [0.5, 0.6) is 0 Å². The van der Waals surface area contributed by atoms with Crippen molar-refractivity contribution < 1.29 is 101 Å². The highest BCUT2D eigenvalue weighted by molar-refractivity contribution is 7.54. The number of benzene rings is 1. The molecular formula is C55H92N15O21P. The molecule has 518 valence electrons. The van der Waals surface area contributed by atoms with Gasteiger partial charge >= 0.3 is 13.6 Å². The van der Waals surface area contributed by atoms with E-state index in [2.05, 4.69) is 58.5 Å². The molecule has 0 radical (unpaired) electrons. The number of hydrogen-bond acceptors (Lipinski definition) is 22. The molecule has 13 amide bonds. The standard InChI is InChI=1S/C55H92N15O21P/c1-27(2)45(55(88)68-35(20-32-14-10-9-11-15-32)50(83)69-39(26-72)54(87)64-33(46(59)79)16-12-13-19-56)70-52(85)36(21-40(58)73)66-51(84)37(22-44(78)92(89,90-28(3)4)91-29(5)6)67-53(86)38(25-71)63-42(75)24-60-41(74)23-61-49(82)34(17-18-43(76)77)65-48(81)31(8)62-47(80)30(7)57/h9-11,14-15,27-31,33-39,44-45,71-72,78H,12-13,16-26,56-57H2,1-8H3,(H2,58,73)(H2,59,79)(H,60,74)(H,61,82)(H,62,80)(H,63,75)(H,64,87)(H,65,81)(H,66,84)(H,67,86)(H,68,88)(H,69,83)(H,70,85)(H,76,77)/t30-,31-,33-,34-,35-,36-,37-,38-,39-,44?,45-/m0/s1. The van der Waals surface area contributed by atoms with Crippen molar-refractivity contribution in [2.45, 2.75) is 185 Å². The summed E-state index contributed by atoms with van der Waals surface area (Å²) < 4.78 is 25.0. The second kappa shape index (κ2) is 41.3. The second-order valence-electron chi connectivity index (χ2n) is 22.1. The van der Waals surface area contributed by atoms with Crippen LogP contribution in [0.4, 0.5) is 0 Å². The summed E-state index contributed by atoms with van der Waals surface area (Å²) in [6.07, 6.45) is -4.15. The van der Waals surface area contributed by atoms with E-state index in [-0.39, 0.29) is 12.8 Å². The minimum Gasteiger partial charge on any atom is -0.481 e. The summed E-state index contributed by atoms with van der Waals surface area (Å²) in [6.45, 7) is 7.57. The van der Waals surface area contributed by atoms with E-state index >= 15 is 0 Å². The summed E-state index contributed by atoms with van der Waals surface area (Å²) in [6, 6.07) is -7.77. The number of carbonyl (C=O) groups is 14. The molecule has 0 fully saturated rings. The summed E-state index contributed by atoms with van der Waals surface area (Å²) in [5, 5.41) is 66.1. The molecule has 0 aliphatic carbocycles. The predicted octanol–water partition coefficient (Wildman–Crippen LogP) is -7.06. The van der Waals surface area contributed by atoms with Gasteiger partial charge in [0.1, 0.15) is 54.4 Å². The smallest absolute Gasteiger partial charge is 0.359 e. The molecule has 92 heavy (non-hydrogen) atoms. The van der Waals surface area contributed by atoms with Gasteiger partial charge in [0.15, 0.2) is 5.85 Å². The van der Waals surface area contributed by atoms with Crippen LogP contribution in [0.1, 0.15) is 106 Å². The van der Waals surface area contributed by atoms with Gasteiger partial charge in [-0.3, -0.25) is 71.7 Å². The van der Waals surface area contributed by atoms with Gasteiger partial charge in [-0.05, 0) is 85.3 Å². The van der Waals surface area contributed by atoms with E-state index in [0.717, 1.165) is 0 Å². The fourth-order valence-electron chi connectivity index (χ4n) is 8.12. The maximum absolute atomic E-state index is 14.4. The summed E-state index contributed by atoms with van der Waals surface area (Å²) in [5.41, 5.74) is 22.5. The van der Waals surface area contributed by atoms with Crippen molar-refractivity contribution in [3.8, 4) is 0 Å². The van der Waals surface area contributed by atoms with Crippen LogP contribution in [-0.4, -0.2) is 215 Å². The van der Waals surface area contributed by atoms with Crippen molar-refractivity contribution in [1.82, 2.24) is 58.5 Å². The number of carbonyl (C=O) groups excluding carboxylic acids is 13. The van der Waals surface area contributed by atoms with Crippen LogP contribution in [0.2, 0.25) is 0 Å². The van der Waals surface area contributed by atoms with Gasteiger partial charge in [0, 0.05) is 19.3 Å². The highest BCUT2D eigenvalue weighted by atomic mass is 31.2. The summed E-state index contributed by atoms with van der Waals surface area (Å²) >= 11 is 0. The first-order valence-electron chi connectivity index (χ1n) is 29.4. The van der Waals surface area contributed by atoms with Gasteiger partial charge in [0.25, 0.3) is 0 Å². The number of unbranched alkanes of at least 4 members (excludes halogenated alkanes) is 1. The van der Waals surface area contributed by atoms with E-state index in [4.69, 9.17) is 32.0 Å². The van der Waals surface area contributed by atoms with Crippen LogP contribution in [-0.2, 0) is 87.2 Å². The quantitative estimate of drug-likeness (QED) is 0.0213. The average Bonchev–Trinajstić information content (AvgIpc) is 0.941. The number of nitrogens with two attached hydrogens (primary N) is 4. The Bertz CT molecular complexity index is 2730. The molecule has 11 atom stereocenters. The minimum atomic E-state index is -4.66. The Morgan fingerprint density at radius 3 is 1.53 bits per heavy atom. The Morgan fingerprint density at radius 1 is 0.533 bits per heavy atom. The first-order chi connectivity index (χ1) is 43.0. The van der Waals surface area contributed by atoms with Gasteiger partial charge in [-0.15, -0.1) is 0 Å². The van der Waals surface area contributed by atoms with E-state index in [1.807, 2.05) is 0 Å². The second-order valence-corrected chi connectivity index (χ2v) is 24.2. The lowest BCUT2D eigenvalue weighted by Crippen LogP contribution is -2.62. The maximum atomic E-state index is 14.4. The lowest BCUT2D eigenvalue weighted by Gasteiger charge is -2.30. The third-order valence-corrected chi connectivity index (χ3v) is 15.3. The molecule has 1 unspecified atom stereocenters. The van der Waals surface area contributed by atoms with Gasteiger partial charge in [-0.25, -0.2) is 0 Å². The SMILES string of the molecule is CC(C)OP(=O)(OC(C)C)C(O)C[C@H](NC(=O)[C@H](CO)NC(=O)CNC(=O)CNC(=O)[C@H](CCC(=O)O)NC(=O)[C@H](C)NC(=O)[C@H](C)N)C(=O)N[C@@H](CC(N)=O)C(=O)N[C@H](C(=O)N[C@@H](Cc1ccccc1)C(=O)N[C@@H](CO)C(=O)N[C@@H](CCCCN)C(N)=O)C(C)C. The summed E-state index contributed by atoms with van der Waals surface area (Å²) in [5.74, 6) is -18.6. The highest BCUT2D eigenvalue weighted by Crippen LogP contribution is 2.55. The van der Waals surface area contributed by atoms with Crippen LogP contribution in [0.25, 0.3) is 0 Å². The van der Waals surface area contributed by atoms with Crippen LogP contribution in [0, 0.1) is 5.92 Å². The van der Waals surface area contributed by atoms with Crippen LogP contribution in [0.15, 0.2) is 30.3 Å². The number of aliphatic hydroxyl groups is 3. The molecular weight excluding hydrogens is 1240 g/mol. The fourth-order valence-corrected chi connectivity index (χ4v) is 10.1. The number of rotatable bonds is 44. The molecule has 1 aromatic rings. The molecule has 23 N–H and O–H groups in total. The van der Waals surface area contributed by atoms with Gasteiger partial charge in [0.05, 0.1) is 51.0 Å². The number of aliphatic carboxylic acids is 1. The lowest BCUT2D eigenvalue weighted by atomic mass is 10.00. The molecule has 0 aromatic heterocycles. The number of aliphatic hydroxyl groups excluding tert-OH is 3. The van der Waals surface area contributed by atoms with Gasteiger partial charge < -0.3 is 111 Å². The minimum absolute atomic E-state index is 0.0973. The molecule has 0 aliphatic rings. The molecule has 37 heteroatoms. The Labute approximate surface area is 531 Å². The molecule has 0 saturated heterocycles. The molecule has 36 nitrogen and oxygen atoms in total. The number of hydrogen-bond donors (Lipinski definition) is 19. The van der Waals surface area contributed by atoms with E-state index in [9.17, 15) is 92.1 Å². The number of nitrogens with one attached hydrogen (secondary N) is 11. The van der Waals surface area contributed by atoms with Crippen molar-refractivity contribution in [2.24, 2.45) is 28.9 Å². The Hall–Kier alpha value is -8.25. The summed E-state index contributed by atoms with van der Waals surface area (Å²) in [7, 11) is -4.66. The largest absolute Gasteiger partial charge is 0.481 e. The number of carboxylic acids is 1. The van der Waals surface area contributed by atoms with Crippen molar-refractivity contribution in [1.29, 1.82) is 0 Å². The normalized spacial score (nSPS) is 15.0. The average molecular weight is 1330 g/mol. The van der Waals surface area contributed by atoms with Gasteiger partial charge in [-0.2, -0.15) is 0 Å². The molecule has 0 aliphatic heterocycles. The predicted molar refractivity (Wildman–Crippen MR) is 325 cm³/mol. The highest BCUT2D eigenvalue weighted by Gasteiger charge is 2.42. The zero-order chi connectivity index (χ0) is 70.2. The Balaban J connectivity index is 3.53. The topological polar surface area (TPSA) is 592 Å². The first kappa shape index (κ1) is 81.8. The number of amides is 13. The Morgan fingerprint density at radius 2 is 1.02 bits per heavy atom. The van der Waals surface area contributed by atoms with E-state index < -0.39 is 227 Å².